The van der Waals surface area contributed by atoms with Crippen LogP contribution in [0.15, 0.2) is 30.3 Å². The summed E-state index contributed by atoms with van der Waals surface area (Å²) in [4.78, 5) is 13.3. The molecule has 2 nitrogen and oxygen atoms in total. The van der Waals surface area contributed by atoms with Crippen LogP contribution in [0.25, 0.3) is 0 Å². The summed E-state index contributed by atoms with van der Waals surface area (Å²) in [6, 6.07) is 10.2. The van der Waals surface area contributed by atoms with Crippen molar-refractivity contribution >= 4 is 11.5 Å². The van der Waals surface area contributed by atoms with Crippen LogP contribution in [0, 0.1) is 0 Å². The average molecular weight is 175 g/mol. The zero-order valence-corrected chi connectivity index (χ0v) is 7.73. The Hall–Kier alpha value is -1.31. The number of para-hydroxylation sites is 1. The van der Waals surface area contributed by atoms with Gasteiger partial charge in [-0.2, -0.15) is 0 Å². The Morgan fingerprint density at radius 1 is 1.31 bits per heavy atom. The Morgan fingerprint density at radius 3 is 2.46 bits per heavy atom. The van der Waals surface area contributed by atoms with Gasteiger partial charge >= 0.3 is 0 Å². The number of carbonyl (C=O) groups excluding carboxylic acids is 1. The first-order valence-corrected chi connectivity index (χ1v) is 4.59. The molecule has 0 radical (unpaired) electrons. The van der Waals surface area contributed by atoms with Crippen molar-refractivity contribution in [2.45, 2.75) is 18.9 Å². The van der Waals surface area contributed by atoms with E-state index in [-0.39, 0.29) is 6.04 Å². The molecular formula is C11H13NO. The van der Waals surface area contributed by atoms with E-state index < -0.39 is 0 Å². The van der Waals surface area contributed by atoms with Crippen molar-refractivity contribution in [3.05, 3.63) is 30.3 Å². The number of ketones is 1. The van der Waals surface area contributed by atoms with Crippen LogP contribution in [0.2, 0.25) is 0 Å². The van der Waals surface area contributed by atoms with E-state index in [1.54, 1.807) is 0 Å². The molecule has 68 valence electrons. The molecule has 2 rings (SSSR count). The lowest BCUT2D eigenvalue weighted by Crippen LogP contribution is -2.45. The van der Waals surface area contributed by atoms with E-state index in [2.05, 4.69) is 4.90 Å². The topological polar surface area (TPSA) is 20.3 Å². The van der Waals surface area contributed by atoms with Crippen molar-refractivity contribution in [3.63, 3.8) is 0 Å². The van der Waals surface area contributed by atoms with E-state index in [0.29, 0.717) is 5.78 Å². The lowest BCUT2D eigenvalue weighted by atomic mass is 9.90. The summed E-state index contributed by atoms with van der Waals surface area (Å²) in [6.07, 6.45) is 1.76. The third kappa shape index (κ3) is 1.44. The molecule has 0 spiro atoms. The van der Waals surface area contributed by atoms with Gasteiger partial charge in [0, 0.05) is 19.2 Å². The van der Waals surface area contributed by atoms with Crippen LogP contribution in [0.1, 0.15) is 12.8 Å². The lowest BCUT2D eigenvalue weighted by Gasteiger charge is -2.34. The highest BCUT2D eigenvalue weighted by atomic mass is 16.1. The lowest BCUT2D eigenvalue weighted by molar-refractivity contribution is -0.125. The number of benzene rings is 1. The summed E-state index contributed by atoms with van der Waals surface area (Å²) in [5.41, 5.74) is 1.13. The number of rotatable bonds is 2. The van der Waals surface area contributed by atoms with Gasteiger partial charge in [-0.1, -0.05) is 18.2 Å². The molecule has 0 unspecified atom stereocenters. The number of likely N-dealkylation sites (N-methyl/N-ethyl adjacent to an activating group) is 1. The minimum Gasteiger partial charge on any atom is -0.365 e. The zero-order valence-electron chi connectivity index (χ0n) is 7.73. The van der Waals surface area contributed by atoms with Crippen LogP contribution in [0.3, 0.4) is 0 Å². The number of hydrogen-bond donors (Lipinski definition) is 0. The maximum Gasteiger partial charge on any atom is 0.155 e. The molecule has 0 aromatic heterocycles. The van der Waals surface area contributed by atoms with Crippen LogP contribution >= 0.6 is 0 Å². The first-order valence-electron chi connectivity index (χ1n) is 4.59. The summed E-state index contributed by atoms with van der Waals surface area (Å²) < 4.78 is 0. The number of anilines is 1. The molecule has 0 bridgehead atoms. The van der Waals surface area contributed by atoms with Gasteiger partial charge in [-0.25, -0.2) is 0 Å². The van der Waals surface area contributed by atoms with Crippen molar-refractivity contribution in [3.8, 4) is 0 Å². The van der Waals surface area contributed by atoms with E-state index in [0.717, 1.165) is 18.5 Å². The van der Waals surface area contributed by atoms with Crippen molar-refractivity contribution in [2.75, 3.05) is 11.9 Å². The molecule has 1 aromatic rings. The molecule has 1 atom stereocenters. The third-order valence-electron chi connectivity index (χ3n) is 2.67. The fourth-order valence-corrected chi connectivity index (χ4v) is 1.64. The highest BCUT2D eigenvalue weighted by Gasteiger charge is 2.31. The van der Waals surface area contributed by atoms with Crippen LogP contribution in [-0.4, -0.2) is 18.9 Å². The van der Waals surface area contributed by atoms with Crippen molar-refractivity contribution in [1.82, 2.24) is 0 Å². The second kappa shape index (κ2) is 3.21. The smallest absolute Gasteiger partial charge is 0.155 e. The third-order valence-corrected chi connectivity index (χ3v) is 2.67. The van der Waals surface area contributed by atoms with E-state index in [9.17, 15) is 4.79 Å². The van der Waals surface area contributed by atoms with E-state index in [4.69, 9.17) is 0 Å². The molecule has 0 N–H and O–H groups in total. The quantitative estimate of drug-likeness (QED) is 0.683. The first kappa shape index (κ1) is 8.30. The Balaban J connectivity index is 2.13. The molecule has 1 aromatic carbocycles. The standard InChI is InChI=1S/C11H13NO/c1-12(10-7-8-11(10)13)9-5-3-2-4-6-9/h2-6,10H,7-8H2,1H3/t10-/m0/s1. The fourth-order valence-electron chi connectivity index (χ4n) is 1.64. The van der Waals surface area contributed by atoms with Gasteiger partial charge in [-0.15, -0.1) is 0 Å². The molecular weight excluding hydrogens is 162 g/mol. The van der Waals surface area contributed by atoms with Crippen LogP contribution in [-0.2, 0) is 4.79 Å². The SMILES string of the molecule is CN(c1ccccc1)[C@H]1CCC1=O. The first-order chi connectivity index (χ1) is 6.29. The molecule has 13 heavy (non-hydrogen) atoms. The summed E-state index contributed by atoms with van der Waals surface area (Å²) in [6.45, 7) is 0. The van der Waals surface area contributed by atoms with Gasteiger partial charge in [0.25, 0.3) is 0 Å². The Labute approximate surface area is 78.2 Å². The van der Waals surface area contributed by atoms with Gasteiger partial charge in [0.15, 0.2) is 5.78 Å². The largest absolute Gasteiger partial charge is 0.365 e. The fraction of sp³-hybridized carbons (Fsp3) is 0.364. The van der Waals surface area contributed by atoms with E-state index in [1.807, 2.05) is 37.4 Å². The minimum atomic E-state index is 0.127. The van der Waals surface area contributed by atoms with Crippen molar-refractivity contribution in [1.29, 1.82) is 0 Å². The predicted octanol–water partition coefficient (Wildman–Crippen LogP) is 1.85. The van der Waals surface area contributed by atoms with E-state index >= 15 is 0 Å². The maximum atomic E-state index is 11.2. The molecule has 1 saturated carbocycles. The summed E-state index contributed by atoms with van der Waals surface area (Å²) in [5.74, 6) is 0.367. The van der Waals surface area contributed by atoms with Gasteiger partial charge in [-0.3, -0.25) is 4.79 Å². The summed E-state index contributed by atoms with van der Waals surface area (Å²) >= 11 is 0. The van der Waals surface area contributed by atoms with Crippen LogP contribution in [0.5, 0.6) is 0 Å². The van der Waals surface area contributed by atoms with Gasteiger partial charge in [-0.05, 0) is 18.6 Å². The normalized spacial score (nSPS) is 21.0. The molecule has 0 heterocycles. The number of nitrogens with zero attached hydrogens (tertiary/aromatic N) is 1. The molecule has 2 heteroatoms. The number of hydrogen-bond acceptors (Lipinski definition) is 2. The maximum absolute atomic E-state index is 11.2. The minimum absolute atomic E-state index is 0.127. The second-order valence-corrected chi connectivity index (χ2v) is 3.47. The highest BCUT2D eigenvalue weighted by molar-refractivity contribution is 5.92. The molecule has 1 fully saturated rings. The van der Waals surface area contributed by atoms with Crippen LogP contribution in [0.4, 0.5) is 5.69 Å². The van der Waals surface area contributed by atoms with Gasteiger partial charge < -0.3 is 4.90 Å². The number of carbonyl (C=O) groups is 1. The predicted molar refractivity (Wildman–Crippen MR) is 52.9 cm³/mol. The molecule has 1 aliphatic carbocycles. The Morgan fingerprint density at radius 2 is 2.00 bits per heavy atom. The van der Waals surface area contributed by atoms with Crippen LogP contribution < -0.4 is 4.90 Å². The average Bonchev–Trinajstić information content (AvgIpc) is 2.17. The molecule has 0 amide bonds. The summed E-state index contributed by atoms with van der Waals surface area (Å²) in [7, 11) is 1.98. The highest BCUT2D eigenvalue weighted by Crippen LogP contribution is 2.24. The zero-order chi connectivity index (χ0) is 9.26. The monoisotopic (exact) mass is 175 g/mol. The van der Waals surface area contributed by atoms with E-state index in [1.165, 1.54) is 0 Å². The summed E-state index contributed by atoms with van der Waals surface area (Å²) in [5, 5.41) is 0. The molecule has 0 aliphatic heterocycles. The number of Topliss-reactive ketones (excluding diaryl/α,β-unsaturated/α-hetero) is 1. The Bertz CT molecular complexity index is 307. The second-order valence-electron chi connectivity index (χ2n) is 3.47. The van der Waals surface area contributed by atoms with Gasteiger partial charge in [0.2, 0.25) is 0 Å². The Kier molecular flexibility index (Phi) is 2.05. The van der Waals surface area contributed by atoms with Crippen molar-refractivity contribution < 1.29 is 4.79 Å². The molecule has 1 aliphatic rings. The van der Waals surface area contributed by atoms with Crippen molar-refractivity contribution in [2.24, 2.45) is 0 Å². The van der Waals surface area contributed by atoms with Gasteiger partial charge in [0.1, 0.15) is 0 Å². The molecule has 0 saturated heterocycles. The van der Waals surface area contributed by atoms with Gasteiger partial charge in [0.05, 0.1) is 6.04 Å².